The van der Waals surface area contributed by atoms with Crippen molar-refractivity contribution in [2.45, 2.75) is 20.3 Å². The van der Waals surface area contributed by atoms with E-state index in [4.69, 9.17) is 0 Å². The largest absolute Gasteiger partial charge is 0.337 e. The Morgan fingerprint density at radius 3 is 2.36 bits per heavy atom. The maximum absolute atomic E-state index is 13.1. The summed E-state index contributed by atoms with van der Waals surface area (Å²) in [6.45, 7) is 6.87. The topological polar surface area (TPSA) is 67.2 Å². The van der Waals surface area contributed by atoms with Crippen molar-refractivity contribution in [3.8, 4) is 5.69 Å². The number of benzene rings is 1. The molecule has 4 rings (SSSR count). The molecular formula is C21H24N6O. The van der Waals surface area contributed by atoms with E-state index < -0.39 is 0 Å². The summed E-state index contributed by atoms with van der Waals surface area (Å²) in [5.74, 6) is 0.764. The average molecular weight is 376 g/mol. The third-order valence-corrected chi connectivity index (χ3v) is 5.11. The Morgan fingerprint density at radius 2 is 1.71 bits per heavy atom. The number of carbonyl (C=O) groups excluding carboxylic acids is 1. The van der Waals surface area contributed by atoms with E-state index in [1.54, 1.807) is 24.7 Å². The Balaban J connectivity index is 1.50. The van der Waals surface area contributed by atoms with Crippen LogP contribution in [0.15, 0.2) is 48.9 Å². The van der Waals surface area contributed by atoms with Crippen LogP contribution in [0.4, 0.5) is 5.95 Å². The molecule has 0 saturated carbocycles. The first-order valence-electron chi connectivity index (χ1n) is 9.62. The second-order valence-corrected chi connectivity index (χ2v) is 6.93. The molecule has 7 heteroatoms. The molecule has 1 aliphatic rings. The van der Waals surface area contributed by atoms with Gasteiger partial charge in [-0.2, -0.15) is 5.10 Å². The predicted octanol–water partition coefficient (Wildman–Crippen LogP) is 2.50. The van der Waals surface area contributed by atoms with Gasteiger partial charge in [0, 0.05) is 38.6 Å². The maximum Gasteiger partial charge on any atom is 0.257 e. The van der Waals surface area contributed by atoms with Crippen LogP contribution in [-0.4, -0.2) is 56.7 Å². The SMILES string of the molecule is CCc1c(C(=O)N2CCN(c3ncccn3)CC2)cnn1-c1ccc(C)cc1. The molecule has 0 aliphatic carbocycles. The van der Waals surface area contributed by atoms with Crippen molar-refractivity contribution in [3.05, 3.63) is 65.7 Å². The molecule has 0 bridgehead atoms. The van der Waals surface area contributed by atoms with Crippen molar-refractivity contribution in [2.75, 3.05) is 31.1 Å². The van der Waals surface area contributed by atoms with Crippen LogP contribution in [0, 0.1) is 6.92 Å². The van der Waals surface area contributed by atoms with Crippen LogP contribution in [0.2, 0.25) is 0 Å². The van der Waals surface area contributed by atoms with Crippen LogP contribution in [0.1, 0.15) is 28.5 Å². The lowest BCUT2D eigenvalue weighted by Crippen LogP contribution is -2.49. The number of piperazine rings is 1. The quantitative estimate of drug-likeness (QED) is 0.700. The molecule has 0 N–H and O–H groups in total. The normalized spacial score (nSPS) is 14.4. The molecule has 3 aromatic rings. The highest BCUT2D eigenvalue weighted by Crippen LogP contribution is 2.19. The Hall–Kier alpha value is -3.22. The highest BCUT2D eigenvalue weighted by Gasteiger charge is 2.26. The molecule has 0 unspecified atom stereocenters. The molecule has 0 atom stereocenters. The molecule has 28 heavy (non-hydrogen) atoms. The van der Waals surface area contributed by atoms with E-state index in [1.807, 2.05) is 21.7 Å². The summed E-state index contributed by atoms with van der Waals surface area (Å²) in [5.41, 5.74) is 3.81. The second kappa shape index (κ2) is 7.80. The average Bonchev–Trinajstić information content (AvgIpc) is 3.18. The van der Waals surface area contributed by atoms with Crippen LogP contribution in [0.3, 0.4) is 0 Å². The zero-order valence-electron chi connectivity index (χ0n) is 16.2. The van der Waals surface area contributed by atoms with Gasteiger partial charge in [-0.25, -0.2) is 14.6 Å². The Morgan fingerprint density at radius 1 is 1.04 bits per heavy atom. The fraction of sp³-hybridized carbons (Fsp3) is 0.333. The lowest BCUT2D eigenvalue weighted by atomic mass is 10.1. The number of aromatic nitrogens is 4. The van der Waals surface area contributed by atoms with Gasteiger partial charge in [0.25, 0.3) is 5.91 Å². The number of carbonyl (C=O) groups is 1. The summed E-state index contributed by atoms with van der Waals surface area (Å²) in [6, 6.07) is 10.00. The molecule has 1 aromatic carbocycles. The van der Waals surface area contributed by atoms with Gasteiger partial charge < -0.3 is 9.80 Å². The summed E-state index contributed by atoms with van der Waals surface area (Å²) >= 11 is 0. The summed E-state index contributed by atoms with van der Waals surface area (Å²) in [7, 11) is 0. The van der Waals surface area contributed by atoms with Crippen molar-refractivity contribution < 1.29 is 4.79 Å². The van der Waals surface area contributed by atoms with Crippen molar-refractivity contribution in [3.63, 3.8) is 0 Å². The molecule has 1 saturated heterocycles. The standard InChI is InChI=1S/C21H24N6O/c1-3-19-18(15-24-27(19)17-7-5-16(2)6-8-17)20(28)25-11-13-26(14-12-25)21-22-9-4-10-23-21/h4-10,15H,3,11-14H2,1-2H3. The van der Waals surface area contributed by atoms with E-state index in [2.05, 4.69) is 45.9 Å². The van der Waals surface area contributed by atoms with Crippen LogP contribution >= 0.6 is 0 Å². The summed E-state index contributed by atoms with van der Waals surface area (Å²) in [6.07, 6.45) is 5.93. The minimum atomic E-state index is 0.0452. The van der Waals surface area contributed by atoms with Gasteiger partial charge in [0.05, 0.1) is 23.1 Å². The minimum absolute atomic E-state index is 0.0452. The van der Waals surface area contributed by atoms with Crippen molar-refractivity contribution in [1.82, 2.24) is 24.6 Å². The first kappa shape index (κ1) is 18.2. The summed E-state index contributed by atoms with van der Waals surface area (Å²) < 4.78 is 1.88. The molecule has 0 radical (unpaired) electrons. The third kappa shape index (κ3) is 3.47. The Labute approximate surface area is 164 Å². The van der Waals surface area contributed by atoms with E-state index in [1.165, 1.54) is 5.56 Å². The minimum Gasteiger partial charge on any atom is -0.337 e. The zero-order chi connectivity index (χ0) is 19.5. The molecule has 1 fully saturated rings. The molecule has 1 amide bonds. The smallest absolute Gasteiger partial charge is 0.257 e. The van der Waals surface area contributed by atoms with E-state index in [-0.39, 0.29) is 5.91 Å². The van der Waals surface area contributed by atoms with Gasteiger partial charge in [-0.1, -0.05) is 24.6 Å². The summed E-state index contributed by atoms with van der Waals surface area (Å²) in [5, 5.41) is 4.50. The number of hydrogen-bond acceptors (Lipinski definition) is 5. The lowest BCUT2D eigenvalue weighted by molar-refractivity contribution is 0.0745. The van der Waals surface area contributed by atoms with Crippen molar-refractivity contribution >= 4 is 11.9 Å². The van der Waals surface area contributed by atoms with Crippen molar-refractivity contribution in [1.29, 1.82) is 0 Å². The molecular weight excluding hydrogens is 352 g/mol. The summed E-state index contributed by atoms with van der Waals surface area (Å²) in [4.78, 5) is 25.8. The number of hydrogen-bond donors (Lipinski definition) is 0. The first-order chi connectivity index (χ1) is 13.7. The number of nitrogens with zero attached hydrogens (tertiary/aromatic N) is 6. The zero-order valence-corrected chi connectivity index (χ0v) is 16.2. The van der Waals surface area contributed by atoms with Crippen LogP contribution in [-0.2, 0) is 6.42 Å². The third-order valence-electron chi connectivity index (χ3n) is 5.11. The number of aryl methyl sites for hydroxylation is 1. The number of rotatable bonds is 4. The van der Waals surface area contributed by atoms with Gasteiger partial charge in [0.1, 0.15) is 0 Å². The van der Waals surface area contributed by atoms with Gasteiger partial charge >= 0.3 is 0 Å². The van der Waals surface area contributed by atoms with Gasteiger partial charge in [-0.3, -0.25) is 4.79 Å². The van der Waals surface area contributed by atoms with Crippen LogP contribution in [0.5, 0.6) is 0 Å². The van der Waals surface area contributed by atoms with Gasteiger partial charge in [-0.15, -0.1) is 0 Å². The van der Waals surface area contributed by atoms with E-state index in [0.717, 1.165) is 36.8 Å². The van der Waals surface area contributed by atoms with Crippen LogP contribution in [0.25, 0.3) is 5.69 Å². The molecule has 3 heterocycles. The highest BCUT2D eigenvalue weighted by molar-refractivity contribution is 5.95. The monoisotopic (exact) mass is 376 g/mol. The number of anilines is 1. The number of amides is 1. The molecule has 2 aromatic heterocycles. The van der Waals surface area contributed by atoms with Crippen LogP contribution < -0.4 is 4.90 Å². The second-order valence-electron chi connectivity index (χ2n) is 6.93. The van der Waals surface area contributed by atoms with Gasteiger partial charge in [0.15, 0.2) is 0 Å². The van der Waals surface area contributed by atoms with E-state index in [0.29, 0.717) is 18.7 Å². The first-order valence-corrected chi connectivity index (χ1v) is 9.62. The molecule has 1 aliphatic heterocycles. The van der Waals surface area contributed by atoms with E-state index >= 15 is 0 Å². The fourth-order valence-electron chi connectivity index (χ4n) is 3.54. The molecule has 0 spiro atoms. The predicted molar refractivity (Wildman–Crippen MR) is 108 cm³/mol. The molecule has 144 valence electrons. The molecule has 7 nitrogen and oxygen atoms in total. The van der Waals surface area contributed by atoms with Crippen molar-refractivity contribution in [2.24, 2.45) is 0 Å². The maximum atomic E-state index is 13.1. The fourth-order valence-corrected chi connectivity index (χ4v) is 3.54. The van der Waals surface area contributed by atoms with Gasteiger partial charge in [-0.05, 0) is 31.5 Å². The van der Waals surface area contributed by atoms with Gasteiger partial charge in [0.2, 0.25) is 5.95 Å². The lowest BCUT2D eigenvalue weighted by Gasteiger charge is -2.34. The highest BCUT2D eigenvalue weighted by atomic mass is 16.2. The Bertz CT molecular complexity index is 943. The Kier molecular flexibility index (Phi) is 5.06. The van der Waals surface area contributed by atoms with E-state index in [9.17, 15) is 4.79 Å².